The number of benzene rings is 1. The molecule has 2 aromatic rings. The van der Waals surface area contributed by atoms with E-state index in [1.807, 2.05) is 0 Å². The molecule has 0 atom stereocenters. The Morgan fingerprint density at radius 2 is 1.93 bits per heavy atom. The Morgan fingerprint density at radius 1 is 1.25 bits per heavy atom. The number of rotatable bonds is 5. The van der Waals surface area contributed by atoms with Crippen LogP contribution in [0, 0.1) is 0 Å². The summed E-state index contributed by atoms with van der Waals surface area (Å²) in [6, 6.07) is 7.43. The molecule has 150 valence electrons. The van der Waals surface area contributed by atoms with Crippen molar-refractivity contribution in [1.82, 2.24) is 15.1 Å². The number of aromatic nitrogens is 2. The summed E-state index contributed by atoms with van der Waals surface area (Å²) in [7, 11) is 1.80. The van der Waals surface area contributed by atoms with E-state index in [1.165, 1.54) is 5.56 Å². The van der Waals surface area contributed by atoms with Crippen molar-refractivity contribution in [2.24, 2.45) is 7.05 Å². The van der Waals surface area contributed by atoms with E-state index in [-0.39, 0.29) is 12.8 Å². The summed E-state index contributed by atoms with van der Waals surface area (Å²) in [6.07, 6.45) is 3.68. The van der Waals surface area contributed by atoms with E-state index < -0.39 is 18.0 Å². The van der Waals surface area contributed by atoms with Gasteiger partial charge >= 0.3 is 6.03 Å². The molecule has 28 heavy (non-hydrogen) atoms. The highest BCUT2D eigenvalue weighted by Crippen LogP contribution is 2.44. The first-order valence-electron chi connectivity index (χ1n) is 9.98. The first-order valence-corrected chi connectivity index (χ1v) is 9.98. The number of halogens is 2. The van der Waals surface area contributed by atoms with E-state index in [1.54, 1.807) is 11.7 Å². The molecule has 1 heterocycles. The quantitative estimate of drug-likeness (QED) is 0.770. The zero-order valence-electron chi connectivity index (χ0n) is 16.3. The predicted molar refractivity (Wildman–Crippen MR) is 105 cm³/mol. The van der Waals surface area contributed by atoms with Crippen molar-refractivity contribution in [2.45, 2.75) is 63.3 Å². The standard InChI is InChI=1S/C21H26F2N4O/c1-3-13-7-9-15(10-8-13)18-17(14-5-4-6-14)19(27(2)26-18)25-20(28)24-16-11-21(22,23)12-16/h7-10,14,16H,3-6,11-12H2,1-2H3,(H2,24,25,28). The summed E-state index contributed by atoms with van der Waals surface area (Å²) in [6.45, 7) is 2.12. The largest absolute Gasteiger partial charge is 0.335 e. The van der Waals surface area contributed by atoms with Crippen LogP contribution in [0.2, 0.25) is 0 Å². The van der Waals surface area contributed by atoms with Crippen LogP contribution >= 0.6 is 0 Å². The molecule has 2 aliphatic carbocycles. The van der Waals surface area contributed by atoms with Crippen molar-refractivity contribution in [3.63, 3.8) is 0 Å². The molecule has 1 aromatic carbocycles. The molecule has 0 radical (unpaired) electrons. The zero-order chi connectivity index (χ0) is 19.9. The zero-order valence-corrected chi connectivity index (χ0v) is 16.3. The van der Waals surface area contributed by atoms with Crippen molar-refractivity contribution in [3.8, 4) is 11.3 Å². The Balaban J connectivity index is 1.58. The summed E-state index contributed by atoms with van der Waals surface area (Å²) in [5.41, 5.74) is 4.23. The fraction of sp³-hybridized carbons (Fsp3) is 0.524. The molecule has 1 aromatic heterocycles. The van der Waals surface area contributed by atoms with Crippen molar-refractivity contribution < 1.29 is 13.6 Å². The van der Waals surface area contributed by atoms with Gasteiger partial charge in [-0.3, -0.25) is 10.00 Å². The van der Waals surface area contributed by atoms with Gasteiger partial charge in [0.25, 0.3) is 5.92 Å². The monoisotopic (exact) mass is 388 g/mol. The van der Waals surface area contributed by atoms with Gasteiger partial charge in [-0.15, -0.1) is 0 Å². The molecule has 0 aliphatic heterocycles. The van der Waals surface area contributed by atoms with Crippen molar-refractivity contribution in [1.29, 1.82) is 0 Å². The summed E-state index contributed by atoms with van der Waals surface area (Å²) < 4.78 is 27.7. The number of urea groups is 1. The minimum atomic E-state index is -2.65. The second kappa shape index (κ2) is 7.18. The number of anilines is 1. The number of carbonyl (C=O) groups is 1. The average molecular weight is 388 g/mol. The van der Waals surface area contributed by atoms with Crippen LogP contribution in [0.4, 0.5) is 19.4 Å². The number of hydrogen-bond acceptors (Lipinski definition) is 2. The van der Waals surface area contributed by atoms with Gasteiger partial charge in [-0.25, -0.2) is 13.6 Å². The van der Waals surface area contributed by atoms with E-state index in [0.29, 0.717) is 11.7 Å². The number of nitrogens with one attached hydrogen (secondary N) is 2. The Labute approximate surface area is 163 Å². The Hall–Kier alpha value is -2.44. The number of aryl methyl sites for hydroxylation is 2. The van der Waals surface area contributed by atoms with E-state index >= 15 is 0 Å². The Bertz CT molecular complexity index is 863. The second-order valence-corrected chi connectivity index (χ2v) is 7.97. The van der Waals surface area contributed by atoms with Crippen molar-refractivity contribution in [2.75, 3.05) is 5.32 Å². The molecule has 2 saturated carbocycles. The van der Waals surface area contributed by atoms with Gasteiger partial charge in [0.15, 0.2) is 0 Å². The van der Waals surface area contributed by atoms with E-state index in [0.717, 1.165) is 42.5 Å². The normalized spacial score (nSPS) is 19.0. The van der Waals surface area contributed by atoms with Gasteiger partial charge in [0.2, 0.25) is 0 Å². The van der Waals surface area contributed by atoms with Crippen molar-refractivity contribution >= 4 is 11.8 Å². The minimum absolute atomic E-state index is 0.295. The average Bonchev–Trinajstić information content (AvgIpc) is 2.89. The SMILES string of the molecule is CCc1ccc(-c2nn(C)c(NC(=O)NC3CC(F)(F)C3)c2C2CCC2)cc1. The Morgan fingerprint density at radius 3 is 2.46 bits per heavy atom. The van der Waals surface area contributed by atoms with Gasteiger partial charge in [-0.2, -0.15) is 5.10 Å². The molecule has 5 nitrogen and oxygen atoms in total. The summed E-state index contributed by atoms with van der Waals surface area (Å²) in [4.78, 5) is 12.4. The summed E-state index contributed by atoms with van der Waals surface area (Å²) in [5.74, 6) is -1.64. The molecule has 2 aliphatic rings. The van der Waals surface area contributed by atoms with Gasteiger partial charge in [-0.1, -0.05) is 37.6 Å². The smallest absolute Gasteiger partial charge is 0.320 e. The van der Waals surface area contributed by atoms with Crippen LogP contribution in [0.1, 0.15) is 56.1 Å². The molecule has 2 fully saturated rings. The van der Waals surface area contributed by atoms with E-state index in [4.69, 9.17) is 0 Å². The highest BCUT2D eigenvalue weighted by Gasteiger charge is 2.46. The molecule has 0 unspecified atom stereocenters. The highest BCUT2D eigenvalue weighted by molar-refractivity contribution is 5.91. The van der Waals surface area contributed by atoms with Crippen LogP contribution < -0.4 is 10.6 Å². The molecule has 0 bridgehead atoms. The number of alkyl halides is 2. The fourth-order valence-electron chi connectivity index (χ4n) is 3.98. The first-order chi connectivity index (χ1) is 13.4. The first kappa shape index (κ1) is 18.9. The van der Waals surface area contributed by atoms with Crippen molar-refractivity contribution in [3.05, 3.63) is 35.4 Å². The molecule has 2 N–H and O–H groups in total. The van der Waals surface area contributed by atoms with Crippen LogP contribution in [0.5, 0.6) is 0 Å². The molecule has 2 amide bonds. The molecular weight excluding hydrogens is 362 g/mol. The third-order valence-electron chi connectivity index (χ3n) is 5.89. The number of nitrogens with zero attached hydrogens (tertiary/aromatic N) is 2. The third-order valence-corrected chi connectivity index (χ3v) is 5.89. The number of amides is 2. The Kier molecular flexibility index (Phi) is 4.85. The maximum atomic E-state index is 13.0. The van der Waals surface area contributed by atoms with Crippen LogP contribution in [0.25, 0.3) is 11.3 Å². The second-order valence-electron chi connectivity index (χ2n) is 7.97. The topological polar surface area (TPSA) is 59.0 Å². The molecule has 0 spiro atoms. The lowest BCUT2D eigenvalue weighted by Gasteiger charge is -2.35. The molecular formula is C21H26F2N4O. The van der Waals surface area contributed by atoms with Crippen LogP contribution in [0.3, 0.4) is 0 Å². The van der Waals surface area contributed by atoms with E-state index in [2.05, 4.69) is 46.9 Å². The molecule has 7 heteroatoms. The highest BCUT2D eigenvalue weighted by atomic mass is 19.3. The lowest BCUT2D eigenvalue weighted by atomic mass is 9.79. The lowest BCUT2D eigenvalue weighted by molar-refractivity contribution is -0.0893. The summed E-state index contributed by atoms with van der Waals surface area (Å²) in [5, 5.41) is 10.2. The van der Waals surface area contributed by atoms with Crippen LogP contribution in [-0.2, 0) is 13.5 Å². The van der Waals surface area contributed by atoms with Gasteiger partial charge in [-0.05, 0) is 30.7 Å². The predicted octanol–water partition coefficient (Wildman–Crippen LogP) is 4.84. The fourth-order valence-corrected chi connectivity index (χ4v) is 3.98. The van der Waals surface area contributed by atoms with E-state index in [9.17, 15) is 13.6 Å². The van der Waals surface area contributed by atoms with Crippen LogP contribution in [0.15, 0.2) is 24.3 Å². The maximum Gasteiger partial charge on any atom is 0.320 e. The molecule has 4 rings (SSSR count). The third kappa shape index (κ3) is 3.62. The number of hydrogen-bond donors (Lipinski definition) is 2. The summed E-state index contributed by atoms with van der Waals surface area (Å²) >= 11 is 0. The number of carbonyl (C=O) groups excluding carboxylic acids is 1. The van der Waals surface area contributed by atoms with Gasteiger partial charge in [0.05, 0.1) is 5.69 Å². The van der Waals surface area contributed by atoms with Gasteiger partial charge in [0.1, 0.15) is 5.82 Å². The maximum absolute atomic E-state index is 13.0. The van der Waals surface area contributed by atoms with Gasteiger partial charge in [0, 0.05) is 37.1 Å². The lowest BCUT2D eigenvalue weighted by Crippen LogP contribution is -2.51. The minimum Gasteiger partial charge on any atom is -0.335 e. The molecule has 0 saturated heterocycles. The van der Waals surface area contributed by atoms with Crippen LogP contribution in [-0.4, -0.2) is 27.8 Å². The van der Waals surface area contributed by atoms with Gasteiger partial charge < -0.3 is 5.32 Å².